The Labute approximate surface area is 107 Å². The maximum absolute atomic E-state index is 11.2. The number of hydrogen-bond acceptors (Lipinski definition) is 5. The second-order valence-corrected chi connectivity index (χ2v) is 4.65. The molecule has 1 N–H and O–H groups in total. The maximum Gasteiger partial charge on any atom is 0.508 e. The fraction of sp³-hybridized carbons (Fsp3) is 0.833. The van der Waals surface area contributed by atoms with Crippen molar-refractivity contribution in [2.24, 2.45) is 5.92 Å². The van der Waals surface area contributed by atoms with Crippen LogP contribution in [-0.4, -0.2) is 55.5 Å². The Kier molecular flexibility index (Phi) is 6.49. The number of ether oxygens (including phenoxy) is 2. The Morgan fingerprint density at radius 2 is 1.94 bits per heavy atom. The van der Waals surface area contributed by atoms with Crippen LogP contribution in [0, 0.1) is 5.92 Å². The Hall–Kier alpha value is -1.30. The molecule has 0 bridgehead atoms. The summed E-state index contributed by atoms with van der Waals surface area (Å²) in [5.41, 5.74) is 0. The zero-order chi connectivity index (χ0) is 13.4. The fourth-order valence-electron chi connectivity index (χ4n) is 1.84. The minimum absolute atomic E-state index is 0.00222. The van der Waals surface area contributed by atoms with Gasteiger partial charge in [0.15, 0.2) is 0 Å². The summed E-state index contributed by atoms with van der Waals surface area (Å²) >= 11 is 0. The van der Waals surface area contributed by atoms with Crippen LogP contribution < -0.4 is 0 Å². The van der Waals surface area contributed by atoms with E-state index in [0.29, 0.717) is 18.9 Å². The minimum atomic E-state index is -0.890. The molecule has 6 heteroatoms. The van der Waals surface area contributed by atoms with Crippen molar-refractivity contribution in [1.29, 1.82) is 0 Å². The van der Waals surface area contributed by atoms with E-state index >= 15 is 0 Å². The molecule has 0 saturated carbocycles. The van der Waals surface area contributed by atoms with Crippen molar-refractivity contribution in [1.82, 2.24) is 4.90 Å². The van der Waals surface area contributed by atoms with Gasteiger partial charge in [-0.3, -0.25) is 4.79 Å². The van der Waals surface area contributed by atoms with Crippen molar-refractivity contribution in [3.8, 4) is 0 Å². The van der Waals surface area contributed by atoms with E-state index < -0.39 is 12.1 Å². The van der Waals surface area contributed by atoms with E-state index in [9.17, 15) is 9.59 Å². The second-order valence-electron chi connectivity index (χ2n) is 4.65. The average Bonchev–Trinajstić information content (AvgIpc) is 2.34. The predicted octanol–water partition coefficient (Wildman–Crippen LogP) is 1.35. The molecular weight excluding hydrogens is 238 g/mol. The lowest BCUT2D eigenvalue weighted by molar-refractivity contribution is -0.137. The molecule has 0 aromatic heterocycles. The van der Waals surface area contributed by atoms with Crippen LogP contribution in [-0.2, 0) is 14.3 Å². The monoisotopic (exact) mass is 259 g/mol. The topological polar surface area (TPSA) is 76.1 Å². The number of carboxylic acid groups (broad SMARTS) is 1. The number of aliphatic carboxylic acids is 1. The molecule has 1 aliphatic rings. The molecule has 0 radical (unpaired) electrons. The zero-order valence-electron chi connectivity index (χ0n) is 10.8. The third-order valence-electron chi connectivity index (χ3n) is 3.03. The van der Waals surface area contributed by atoms with E-state index in [2.05, 4.69) is 11.9 Å². The Bertz CT molecular complexity index is 274. The van der Waals surface area contributed by atoms with Crippen molar-refractivity contribution in [2.45, 2.75) is 25.7 Å². The molecule has 0 unspecified atom stereocenters. The van der Waals surface area contributed by atoms with Gasteiger partial charge in [0.1, 0.15) is 0 Å². The van der Waals surface area contributed by atoms with Crippen molar-refractivity contribution in [3.63, 3.8) is 0 Å². The van der Waals surface area contributed by atoms with Gasteiger partial charge in [0.25, 0.3) is 0 Å². The van der Waals surface area contributed by atoms with Gasteiger partial charge in [-0.05, 0) is 45.3 Å². The summed E-state index contributed by atoms with van der Waals surface area (Å²) in [4.78, 5) is 23.7. The first kappa shape index (κ1) is 14.8. The minimum Gasteiger partial charge on any atom is -0.481 e. The molecule has 0 aromatic rings. The van der Waals surface area contributed by atoms with Gasteiger partial charge in [-0.25, -0.2) is 4.79 Å². The van der Waals surface area contributed by atoms with Gasteiger partial charge < -0.3 is 19.5 Å². The van der Waals surface area contributed by atoms with Crippen LogP contribution in [0.4, 0.5) is 4.79 Å². The lowest BCUT2D eigenvalue weighted by Crippen LogP contribution is -2.32. The van der Waals surface area contributed by atoms with E-state index in [1.165, 1.54) is 0 Å². The summed E-state index contributed by atoms with van der Waals surface area (Å²) < 4.78 is 9.77. The lowest BCUT2D eigenvalue weighted by Gasteiger charge is -2.28. The van der Waals surface area contributed by atoms with Crippen LogP contribution in [0.15, 0.2) is 0 Å². The molecule has 0 amide bonds. The molecule has 1 heterocycles. The molecule has 0 atom stereocenters. The highest BCUT2D eigenvalue weighted by Gasteiger charge is 2.18. The molecule has 6 nitrogen and oxygen atoms in total. The van der Waals surface area contributed by atoms with Gasteiger partial charge in [-0.2, -0.15) is 0 Å². The smallest absolute Gasteiger partial charge is 0.481 e. The number of carbonyl (C=O) groups is 2. The number of carbonyl (C=O) groups excluding carboxylic acids is 1. The number of likely N-dealkylation sites (tertiary alicyclic amines) is 1. The van der Waals surface area contributed by atoms with Gasteiger partial charge in [0, 0.05) is 6.42 Å². The number of nitrogens with zero attached hydrogens (tertiary/aromatic N) is 1. The Morgan fingerprint density at radius 3 is 2.56 bits per heavy atom. The third-order valence-corrected chi connectivity index (χ3v) is 3.03. The summed E-state index contributed by atoms with van der Waals surface area (Å²) in [5, 5.41) is 8.40. The number of hydrogen-bond donors (Lipinski definition) is 1. The molecule has 1 fully saturated rings. The maximum atomic E-state index is 11.2. The first-order valence-corrected chi connectivity index (χ1v) is 6.28. The fourth-order valence-corrected chi connectivity index (χ4v) is 1.84. The first-order chi connectivity index (χ1) is 8.58. The predicted molar refractivity (Wildman–Crippen MR) is 64.4 cm³/mol. The molecule has 18 heavy (non-hydrogen) atoms. The molecule has 104 valence electrons. The van der Waals surface area contributed by atoms with E-state index in [0.717, 1.165) is 25.9 Å². The SMILES string of the molecule is CN1CCC(COC(=O)OCCCC(=O)O)CC1. The van der Waals surface area contributed by atoms with Gasteiger partial charge in [0.2, 0.25) is 0 Å². The standard InChI is InChI=1S/C12H21NO5/c1-13-6-4-10(5-7-13)9-18-12(16)17-8-2-3-11(14)15/h10H,2-9H2,1H3,(H,14,15). The average molecular weight is 259 g/mol. The summed E-state index contributed by atoms with van der Waals surface area (Å²) in [6.07, 6.45) is 1.69. The highest BCUT2D eigenvalue weighted by molar-refractivity contribution is 5.66. The molecule has 1 saturated heterocycles. The highest BCUT2D eigenvalue weighted by atomic mass is 16.7. The van der Waals surface area contributed by atoms with E-state index in [-0.39, 0.29) is 13.0 Å². The number of piperidine rings is 1. The zero-order valence-corrected chi connectivity index (χ0v) is 10.8. The number of rotatable bonds is 6. The molecule has 0 spiro atoms. The van der Waals surface area contributed by atoms with Crippen LogP contribution in [0.2, 0.25) is 0 Å². The molecule has 1 aliphatic heterocycles. The Balaban J connectivity index is 2.01. The van der Waals surface area contributed by atoms with E-state index in [4.69, 9.17) is 14.6 Å². The second kappa shape index (κ2) is 7.92. The van der Waals surface area contributed by atoms with E-state index in [1.54, 1.807) is 0 Å². The third kappa shape index (κ3) is 6.44. The van der Waals surface area contributed by atoms with Crippen molar-refractivity contribution in [3.05, 3.63) is 0 Å². The molecular formula is C12H21NO5. The molecule has 0 aliphatic carbocycles. The summed E-state index contributed by atoms with van der Waals surface area (Å²) in [6, 6.07) is 0. The van der Waals surface area contributed by atoms with Crippen LogP contribution in [0.5, 0.6) is 0 Å². The lowest BCUT2D eigenvalue weighted by atomic mass is 9.98. The van der Waals surface area contributed by atoms with Crippen LogP contribution >= 0.6 is 0 Å². The summed E-state index contributed by atoms with van der Waals surface area (Å²) in [7, 11) is 2.08. The Morgan fingerprint density at radius 1 is 1.28 bits per heavy atom. The van der Waals surface area contributed by atoms with Gasteiger partial charge in [-0.1, -0.05) is 0 Å². The van der Waals surface area contributed by atoms with Crippen molar-refractivity contribution in [2.75, 3.05) is 33.4 Å². The quantitative estimate of drug-likeness (QED) is 0.573. The van der Waals surface area contributed by atoms with Gasteiger partial charge in [0.05, 0.1) is 13.2 Å². The van der Waals surface area contributed by atoms with E-state index in [1.807, 2.05) is 0 Å². The largest absolute Gasteiger partial charge is 0.508 e. The van der Waals surface area contributed by atoms with Gasteiger partial charge >= 0.3 is 12.1 Å². The summed E-state index contributed by atoms with van der Waals surface area (Å²) in [6.45, 7) is 2.55. The van der Waals surface area contributed by atoms with Crippen molar-refractivity contribution < 1.29 is 24.2 Å². The van der Waals surface area contributed by atoms with Crippen LogP contribution in [0.3, 0.4) is 0 Å². The van der Waals surface area contributed by atoms with Crippen LogP contribution in [0.1, 0.15) is 25.7 Å². The molecule has 0 aromatic carbocycles. The normalized spacial score (nSPS) is 17.4. The van der Waals surface area contributed by atoms with Gasteiger partial charge in [-0.15, -0.1) is 0 Å². The highest BCUT2D eigenvalue weighted by Crippen LogP contribution is 2.16. The summed E-state index contributed by atoms with van der Waals surface area (Å²) in [5.74, 6) is -0.480. The number of carboxylic acids is 1. The molecule has 1 rings (SSSR count). The first-order valence-electron chi connectivity index (χ1n) is 6.28. The van der Waals surface area contributed by atoms with Crippen molar-refractivity contribution >= 4 is 12.1 Å². The van der Waals surface area contributed by atoms with Crippen LogP contribution in [0.25, 0.3) is 0 Å².